The molecule has 0 spiro atoms. The van der Waals surface area contributed by atoms with E-state index in [1.165, 1.54) is 4.90 Å². The summed E-state index contributed by atoms with van der Waals surface area (Å²) in [6.45, 7) is 0. The van der Waals surface area contributed by atoms with Crippen LogP contribution in [0.15, 0.2) is 81.0 Å². The zero-order valence-electron chi connectivity index (χ0n) is 14.5. The van der Waals surface area contributed by atoms with E-state index in [9.17, 15) is 4.79 Å². The number of carbonyl (C=O) groups is 1. The average Bonchev–Trinajstić information content (AvgIpc) is 2.70. The van der Waals surface area contributed by atoms with Crippen LogP contribution in [0.3, 0.4) is 0 Å². The van der Waals surface area contributed by atoms with Crippen molar-refractivity contribution in [1.82, 2.24) is 0 Å². The maximum atomic E-state index is 12.7. The molecule has 0 radical (unpaired) electrons. The van der Waals surface area contributed by atoms with Gasteiger partial charge in [-0.15, -0.1) is 0 Å². The number of hydrogen-bond donors (Lipinski definition) is 1. The zero-order chi connectivity index (χ0) is 18.8. The maximum Gasteiger partial charge on any atom is 0.185 e. The van der Waals surface area contributed by atoms with Crippen molar-refractivity contribution >= 4 is 50.9 Å². The highest BCUT2D eigenvalue weighted by Gasteiger charge is 2.16. The number of nitrogens with one attached hydrogen (secondary N) is 1. The number of allylic oxidation sites excluding steroid dienone is 1. The molecule has 0 saturated carbocycles. The lowest BCUT2D eigenvalue weighted by Crippen LogP contribution is -2.02. The van der Waals surface area contributed by atoms with Gasteiger partial charge in [0.25, 0.3) is 0 Å². The Morgan fingerprint density at radius 1 is 1.04 bits per heavy atom. The number of ketones is 1. The largest absolute Gasteiger partial charge is 0.496 e. The molecule has 0 unspecified atom stereocenters. The molecule has 4 rings (SSSR count). The number of ether oxygens (including phenoxy) is 1. The molecular formula is C22H16BrNO2S. The Morgan fingerprint density at radius 3 is 2.70 bits per heavy atom. The second-order valence-electron chi connectivity index (χ2n) is 6.02. The number of carbonyl (C=O) groups excluding carboxylic acids is 1. The normalized spacial score (nSPS) is 12.2. The van der Waals surface area contributed by atoms with Gasteiger partial charge in [0.2, 0.25) is 0 Å². The fourth-order valence-electron chi connectivity index (χ4n) is 2.89. The third kappa shape index (κ3) is 3.80. The zero-order valence-corrected chi connectivity index (χ0v) is 16.9. The number of rotatable bonds is 4. The van der Waals surface area contributed by atoms with Crippen LogP contribution in [0, 0.1) is 0 Å². The van der Waals surface area contributed by atoms with E-state index in [1.54, 1.807) is 31.0 Å². The van der Waals surface area contributed by atoms with Crippen LogP contribution in [0.25, 0.3) is 6.08 Å². The van der Waals surface area contributed by atoms with Crippen molar-refractivity contribution in [2.24, 2.45) is 0 Å². The fourth-order valence-corrected chi connectivity index (χ4v) is 4.24. The van der Waals surface area contributed by atoms with Gasteiger partial charge in [0.1, 0.15) is 5.75 Å². The highest BCUT2D eigenvalue weighted by atomic mass is 79.9. The Kier molecular flexibility index (Phi) is 5.05. The van der Waals surface area contributed by atoms with Crippen LogP contribution in [0.2, 0.25) is 0 Å². The first-order valence-electron chi connectivity index (χ1n) is 8.38. The summed E-state index contributed by atoms with van der Waals surface area (Å²) in [5, 5.41) is 3.41. The number of methoxy groups -OCH3 is 1. The van der Waals surface area contributed by atoms with Gasteiger partial charge < -0.3 is 10.1 Å². The Hall–Kier alpha value is -2.50. The summed E-state index contributed by atoms with van der Waals surface area (Å²) in [6, 6.07) is 19.6. The molecule has 0 aromatic heterocycles. The Balaban J connectivity index is 1.58. The summed E-state index contributed by atoms with van der Waals surface area (Å²) < 4.78 is 6.28. The fraction of sp³-hybridized carbons (Fsp3) is 0.0455. The molecule has 0 amide bonds. The monoisotopic (exact) mass is 437 g/mol. The van der Waals surface area contributed by atoms with Crippen LogP contribution >= 0.6 is 27.7 Å². The summed E-state index contributed by atoms with van der Waals surface area (Å²) in [4.78, 5) is 15.0. The molecule has 0 bridgehead atoms. The molecule has 1 N–H and O–H groups in total. The quantitative estimate of drug-likeness (QED) is 0.289. The summed E-state index contributed by atoms with van der Waals surface area (Å²) in [7, 11) is 1.62. The van der Waals surface area contributed by atoms with E-state index >= 15 is 0 Å². The molecule has 1 heterocycles. The van der Waals surface area contributed by atoms with Gasteiger partial charge in [0, 0.05) is 25.4 Å². The van der Waals surface area contributed by atoms with Crippen LogP contribution < -0.4 is 10.1 Å². The maximum absolute atomic E-state index is 12.7. The van der Waals surface area contributed by atoms with Crippen LogP contribution in [0.1, 0.15) is 15.9 Å². The van der Waals surface area contributed by atoms with Gasteiger partial charge in [-0.2, -0.15) is 0 Å². The Labute approximate surface area is 170 Å². The van der Waals surface area contributed by atoms with Crippen molar-refractivity contribution in [2.75, 3.05) is 12.4 Å². The van der Waals surface area contributed by atoms with E-state index < -0.39 is 0 Å². The van der Waals surface area contributed by atoms with Gasteiger partial charge in [-0.3, -0.25) is 4.79 Å². The Bertz CT molecular complexity index is 1060. The van der Waals surface area contributed by atoms with Crippen molar-refractivity contribution in [1.29, 1.82) is 0 Å². The molecule has 1 aliphatic rings. The van der Waals surface area contributed by atoms with Gasteiger partial charge in [0.15, 0.2) is 5.78 Å². The molecular weight excluding hydrogens is 422 g/mol. The van der Waals surface area contributed by atoms with Gasteiger partial charge in [-0.1, -0.05) is 39.8 Å². The van der Waals surface area contributed by atoms with E-state index in [4.69, 9.17) is 4.74 Å². The molecule has 3 aromatic rings. The molecule has 1 aliphatic heterocycles. The molecule has 0 atom stereocenters. The molecule has 134 valence electrons. The minimum absolute atomic E-state index is 0.0505. The predicted octanol–water partition coefficient (Wildman–Crippen LogP) is 6.56. The lowest BCUT2D eigenvalue weighted by atomic mass is 10.1. The number of para-hydroxylation sites is 1. The third-order valence-corrected chi connectivity index (χ3v) is 5.89. The molecule has 0 saturated heterocycles. The first-order chi connectivity index (χ1) is 13.1. The topological polar surface area (TPSA) is 38.3 Å². The lowest BCUT2D eigenvalue weighted by molar-refractivity contribution is 0.104. The van der Waals surface area contributed by atoms with Crippen molar-refractivity contribution in [2.45, 2.75) is 9.79 Å². The second kappa shape index (κ2) is 7.62. The van der Waals surface area contributed by atoms with Gasteiger partial charge in [0.05, 0.1) is 18.5 Å². The number of fused-ring (bicyclic) bond motifs is 2. The van der Waals surface area contributed by atoms with Gasteiger partial charge in [-0.05, 0) is 60.7 Å². The Morgan fingerprint density at radius 2 is 1.85 bits per heavy atom. The van der Waals surface area contributed by atoms with Crippen molar-refractivity contribution < 1.29 is 9.53 Å². The van der Waals surface area contributed by atoms with Gasteiger partial charge >= 0.3 is 0 Å². The summed E-state index contributed by atoms with van der Waals surface area (Å²) in [5.41, 5.74) is 3.51. The summed E-state index contributed by atoms with van der Waals surface area (Å²) >= 11 is 5.15. The number of anilines is 2. The average molecular weight is 438 g/mol. The smallest absolute Gasteiger partial charge is 0.185 e. The van der Waals surface area contributed by atoms with E-state index in [2.05, 4.69) is 27.3 Å². The second-order valence-corrected chi connectivity index (χ2v) is 8.02. The highest BCUT2D eigenvalue weighted by molar-refractivity contribution is 9.10. The highest BCUT2D eigenvalue weighted by Crippen LogP contribution is 2.44. The first-order valence-corrected chi connectivity index (χ1v) is 9.99. The van der Waals surface area contributed by atoms with Crippen molar-refractivity contribution in [3.8, 4) is 5.75 Å². The molecule has 3 aromatic carbocycles. The molecule has 3 nitrogen and oxygen atoms in total. The number of halogens is 1. The van der Waals surface area contributed by atoms with Gasteiger partial charge in [-0.25, -0.2) is 0 Å². The van der Waals surface area contributed by atoms with E-state index in [0.29, 0.717) is 5.56 Å². The first kappa shape index (κ1) is 17.9. The third-order valence-electron chi connectivity index (χ3n) is 4.25. The lowest BCUT2D eigenvalue weighted by Gasteiger charge is -2.20. The molecule has 5 heteroatoms. The minimum Gasteiger partial charge on any atom is -0.496 e. The standard InChI is InChI=1S/C22H16BrNO2S/c1-26-20-10-8-16(23)12-15(20)6-9-19(25)14-7-11-22-18(13-14)24-17-4-2-3-5-21(17)27-22/h2-13,24H,1H3/b9-6+. The number of benzene rings is 3. The minimum atomic E-state index is -0.0505. The van der Waals surface area contributed by atoms with Crippen LogP contribution in [0.5, 0.6) is 5.75 Å². The van der Waals surface area contributed by atoms with Crippen LogP contribution in [0.4, 0.5) is 11.4 Å². The summed E-state index contributed by atoms with van der Waals surface area (Å²) in [6.07, 6.45) is 3.36. The van der Waals surface area contributed by atoms with Crippen molar-refractivity contribution in [3.63, 3.8) is 0 Å². The SMILES string of the molecule is COc1ccc(Br)cc1/C=C/C(=O)c1ccc2c(c1)Nc1ccccc1S2. The van der Waals surface area contributed by atoms with E-state index in [-0.39, 0.29) is 5.78 Å². The molecule has 0 aliphatic carbocycles. The van der Waals surface area contributed by atoms with Crippen LogP contribution in [-0.4, -0.2) is 12.9 Å². The van der Waals surface area contributed by atoms with E-state index in [1.807, 2.05) is 54.6 Å². The molecule has 0 fully saturated rings. The number of hydrogen-bond acceptors (Lipinski definition) is 4. The molecule has 27 heavy (non-hydrogen) atoms. The predicted molar refractivity (Wildman–Crippen MR) is 114 cm³/mol. The van der Waals surface area contributed by atoms with Crippen molar-refractivity contribution in [3.05, 3.63) is 82.3 Å². The van der Waals surface area contributed by atoms with E-state index in [0.717, 1.165) is 32.1 Å². The summed E-state index contributed by atoms with van der Waals surface area (Å²) in [5.74, 6) is 0.674. The van der Waals surface area contributed by atoms with Crippen LogP contribution in [-0.2, 0) is 0 Å².